The highest BCUT2D eigenvalue weighted by Crippen LogP contribution is 2.31. The number of alkyl halides is 3. The molecule has 1 heterocycles. The van der Waals surface area contributed by atoms with Crippen molar-refractivity contribution in [3.05, 3.63) is 84.1 Å². The minimum Gasteiger partial charge on any atom is -0.479 e. The molecule has 4 rings (SSSR count). The lowest BCUT2D eigenvalue weighted by Gasteiger charge is -2.13. The zero-order valence-electron chi connectivity index (χ0n) is 19.1. The van der Waals surface area contributed by atoms with Gasteiger partial charge in [-0.15, -0.1) is 11.8 Å². The summed E-state index contributed by atoms with van der Waals surface area (Å²) in [6.45, 7) is 3.70. The van der Waals surface area contributed by atoms with E-state index in [4.69, 9.17) is 9.47 Å². The summed E-state index contributed by atoms with van der Waals surface area (Å²) in [7, 11) is 0. The number of carbonyl (C=O) groups is 1. The van der Waals surface area contributed by atoms with E-state index >= 15 is 0 Å². The smallest absolute Gasteiger partial charge is 0.416 e. The van der Waals surface area contributed by atoms with Gasteiger partial charge in [-0.25, -0.2) is 9.48 Å². The molecule has 0 saturated heterocycles. The van der Waals surface area contributed by atoms with Gasteiger partial charge in [0.1, 0.15) is 5.75 Å². The summed E-state index contributed by atoms with van der Waals surface area (Å²) in [4.78, 5) is 12.7. The van der Waals surface area contributed by atoms with Crippen molar-refractivity contribution < 1.29 is 27.4 Å². The summed E-state index contributed by atoms with van der Waals surface area (Å²) in [6.07, 6.45) is -3.23. The highest BCUT2D eigenvalue weighted by Gasteiger charge is 2.30. The van der Waals surface area contributed by atoms with Gasteiger partial charge in [-0.05, 0) is 74.0 Å². The molecule has 35 heavy (non-hydrogen) atoms. The Labute approximate surface area is 204 Å². The van der Waals surface area contributed by atoms with Gasteiger partial charge in [0.15, 0.2) is 6.10 Å². The average Bonchev–Trinajstić information content (AvgIpc) is 3.28. The van der Waals surface area contributed by atoms with Gasteiger partial charge in [0.05, 0.1) is 23.4 Å². The molecule has 0 saturated carbocycles. The predicted octanol–water partition coefficient (Wildman–Crippen LogP) is 6.67. The number of hydrogen-bond acceptors (Lipinski definition) is 5. The molecule has 1 unspecified atom stereocenters. The lowest BCUT2D eigenvalue weighted by molar-refractivity contribution is -0.150. The molecule has 1 atom stereocenters. The maximum atomic E-state index is 12.9. The van der Waals surface area contributed by atoms with Crippen LogP contribution in [0.25, 0.3) is 16.6 Å². The number of esters is 1. The van der Waals surface area contributed by atoms with E-state index in [1.165, 1.54) is 12.1 Å². The molecule has 9 heteroatoms. The average molecular weight is 501 g/mol. The highest BCUT2D eigenvalue weighted by atomic mass is 32.2. The van der Waals surface area contributed by atoms with Crippen LogP contribution in [0.4, 0.5) is 13.2 Å². The Balaban J connectivity index is 1.44. The SMILES string of the molecule is CCOC(=O)C(C)Oc1ccc(SCc2cccc3nn(-c4ccc(C(F)(F)F)cc4)cc23)cc1. The van der Waals surface area contributed by atoms with E-state index in [1.807, 2.05) is 36.5 Å². The maximum Gasteiger partial charge on any atom is 0.416 e. The summed E-state index contributed by atoms with van der Waals surface area (Å²) >= 11 is 1.63. The van der Waals surface area contributed by atoms with Crippen LogP contribution >= 0.6 is 11.8 Å². The van der Waals surface area contributed by atoms with E-state index in [-0.39, 0.29) is 0 Å². The van der Waals surface area contributed by atoms with E-state index in [9.17, 15) is 18.0 Å². The van der Waals surface area contributed by atoms with E-state index in [0.29, 0.717) is 23.8 Å². The maximum absolute atomic E-state index is 12.9. The Bertz CT molecular complexity index is 1300. The third-order valence-electron chi connectivity index (χ3n) is 5.25. The molecule has 0 amide bonds. The Hall–Kier alpha value is -3.46. The second-order valence-corrected chi connectivity index (χ2v) is 8.79. The van der Waals surface area contributed by atoms with E-state index < -0.39 is 23.8 Å². The number of carbonyl (C=O) groups excluding carboxylic acids is 1. The van der Waals surface area contributed by atoms with Gasteiger partial charge in [0, 0.05) is 22.2 Å². The van der Waals surface area contributed by atoms with Gasteiger partial charge in [-0.1, -0.05) is 12.1 Å². The molecule has 5 nitrogen and oxygen atoms in total. The number of thioether (sulfide) groups is 1. The zero-order valence-corrected chi connectivity index (χ0v) is 19.9. The molecule has 4 aromatic rings. The van der Waals surface area contributed by atoms with Crippen molar-refractivity contribution in [2.24, 2.45) is 0 Å². The van der Waals surface area contributed by atoms with Gasteiger partial charge < -0.3 is 9.47 Å². The lowest BCUT2D eigenvalue weighted by Crippen LogP contribution is -2.25. The molecule has 0 aliphatic heterocycles. The lowest BCUT2D eigenvalue weighted by atomic mass is 10.1. The normalized spacial score (nSPS) is 12.5. The second kappa shape index (κ2) is 10.4. The van der Waals surface area contributed by atoms with Crippen molar-refractivity contribution in [3.63, 3.8) is 0 Å². The van der Waals surface area contributed by atoms with Gasteiger partial charge in [-0.2, -0.15) is 18.3 Å². The van der Waals surface area contributed by atoms with E-state index in [2.05, 4.69) is 5.10 Å². The molecule has 3 aromatic carbocycles. The molecule has 182 valence electrons. The number of halogens is 3. The molecular weight excluding hydrogens is 477 g/mol. The van der Waals surface area contributed by atoms with Crippen LogP contribution in [0.3, 0.4) is 0 Å². The van der Waals surface area contributed by atoms with Crippen molar-refractivity contribution in [1.29, 1.82) is 0 Å². The minimum absolute atomic E-state index is 0.304. The molecule has 0 bridgehead atoms. The fourth-order valence-electron chi connectivity index (χ4n) is 3.45. The van der Waals surface area contributed by atoms with Crippen LogP contribution < -0.4 is 4.74 Å². The summed E-state index contributed by atoms with van der Waals surface area (Å²) in [6, 6.07) is 18.2. The second-order valence-electron chi connectivity index (χ2n) is 7.74. The molecule has 0 N–H and O–H groups in total. The van der Waals surface area contributed by atoms with Crippen LogP contribution in [-0.2, 0) is 21.5 Å². The van der Waals surface area contributed by atoms with Gasteiger partial charge in [0.25, 0.3) is 0 Å². The topological polar surface area (TPSA) is 53.4 Å². The first-order valence-corrected chi connectivity index (χ1v) is 11.9. The van der Waals surface area contributed by atoms with E-state index in [0.717, 1.165) is 33.5 Å². The van der Waals surface area contributed by atoms with Gasteiger partial charge in [0.2, 0.25) is 0 Å². The van der Waals surface area contributed by atoms with Crippen LogP contribution in [0.2, 0.25) is 0 Å². The third kappa shape index (κ3) is 5.97. The summed E-state index contributed by atoms with van der Waals surface area (Å²) in [5, 5.41) is 5.46. The van der Waals surface area contributed by atoms with Gasteiger partial charge >= 0.3 is 12.1 Å². The number of benzene rings is 3. The number of hydrogen-bond donors (Lipinski definition) is 0. The van der Waals surface area contributed by atoms with Crippen LogP contribution in [0.1, 0.15) is 25.0 Å². The van der Waals surface area contributed by atoms with Crippen LogP contribution in [0.5, 0.6) is 5.75 Å². The predicted molar refractivity (Wildman–Crippen MR) is 129 cm³/mol. The Morgan fingerprint density at radius 1 is 1.06 bits per heavy atom. The molecular formula is C26H23F3N2O3S. The first-order valence-electron chi connectivity index (χ1n) is 11.0. The van der Waals surface area contributed by atoms with Crippen molar-refractivity contribution >= 4 is 28.6 Å². The highest BCUT2D eigenvalue weighted by molar-refractivity contribution is 7.98. The molecule has 1 aromatic heterocycles. The van der Waals surface area contributed by atoms with Crippen LogP contribution in [-0.4, -0.2) is 28.5 Å². The molecule has 0 fully saturated rings. The number of fused-ring (bicyclic) bond motifs is 1. The Morgan fingerprint density at radius 2 is 1.77 bits per heavy atom. The summed E-state index contributed by atoms with van der Waals surface area (Å²) < 4.78 is 50.7. The zero-order chi connectivity index (χ0) is 25.0. The molecule has 0 radical (unpaired) electrons. The van der Waals surface area contributed by atoms with Crippen molar-refractivity contribution in [1.82, 2.24) is 9.78 Å². The number of aromatic nitrogens is 2. The third-order valence-corrected chi connectivity index (χ3v) is 6.31. The standard InChI is InChI=1S/C26H23F3N2O3S/c1-3-33-25(32)17(2)34-21-11-13-22(14-12-21)35-16-18-5-4-6-24-23(18)15-31(30-24)20-9-7-19(8-10-20)26(27,28)29/h4-15,17H,3,16H2,1-2H3. The summed E-state index contributed by atoms with van der Waals surface area (Å²) in [5.41, 5.74) is 1.68. The van der Waals surface area contributed by atoms with Crippen LogP contribution in [0, 0.1) is 0 Å². The van der Waals surface area contributed by atoms with Crippen molar-refractivity contribution in [2.45, 2.75) is 36.8 Å². The first-order chi connectivity index (χ1) is 16.7. The number of ether oxygens (including phenoxy) is 2. The minimum atomic E-state index is -4.37. The Kier molecular flexibility index (Phi) is 7.35. The largest absolute Gasteiger partial charge is 0.479 e. The molecule has 0 aliphatic rings. The Morgan fingerprint density at radius 3 is 2.43 bits per heavy atom. The molecule has 0 spiro atoms. The first kappa shape index (κ1) is 24.7. The fourth-order valence-corrected chi connectivity index (χ4v) is 4.35. The van der Waals surface area contributed by atoms with Crippen molar-refractivity contribution in [3.8, 4) is 11.4 Å². The quantitative estimate of drug-likeness (QED) is 0.200. The van der Waals surface area contributed by atoms with Crippen molar-refractivity contribution in [2.75, 3.05) is 6.61 Å². The van der Waals surface area contributed by atoms with E-state index in [1.54, 1.807) is 42.4 Å². The monoisotopic (exact) mass is 500 g/mol. The number of nitrogens with zero attached hydrogens (tertiary/aromatic N) is 2. The van der Waals surface area contributed by atoms with Crippen LogP contribution in [0.15, 0.2) is 77.8 Å². The molecule has 0 aliphatic carbocycles. The fraction of sp³-hybridized carbons (Fsp3) is 0.231. The van der Waals surface area contributed by atoms with Gasteiger partial charge in [-0.3, -0.25) is 0 Å². The number of rotatable bonds is 8. The summed E-state index contributed by atoms with van der Waals surface area (Å²) in [5.74, 6) is 0.848.